The van der Waals surface area contributed by atoms with Gasteiger partial charge in [-0.15, -0.1) is 0 Å². The number of hydrogen-bond acceptors (Lipinski definition) is 4. The van der Waals surface area contributed by atoms with Gasteiger partial charge in [0.05, 0.1) is 6.61 Å². The Kier molecular flexibility index (Phi) is 3.10. The Morgan fingerprint density at radius 1 is 1.31 bits per heavy atom. The number of hydrogen-bond donors (Lipinski definition) is 1. The zero-order valence-electron chi connectivity index (χ0n) is 9.36. The van der Waals surface area contributed by atoms with E-state index in [1.807, 2.05) is 31.2 Å². The molecule has 0 unspecified atom stereocenters. The third kappa shape index (κ3) is 2.16. The average Bonchev–Trinajstić information content (AvgIpc) is 2.79. The molecule has 1 aromatic heterocycles. The normalized spacial score (nSPS) is 10.1. The van der Waals surface area contributed by atoms with E-state index in [2.05, 4.69) is 10.3 Å². The third-order valence-corrected chi connectivity index (χ3v) is 2.18. The van der Waals surface area contributed by atoms with Crippen LogP contribution in [-0.2, 0) is 0 Å². The summed E-state index contributed by atoms with van der Waals surface area (Å²) in [5.41, 5.74) is 1.82. The maximum absolute atomic E-state index is 5.37. The lowest BCUT2D eigenvalue weighted by molar-refractivity contribution is 0.340. The summed E-state index contributed by atoms with van der Waals surface area (Å²) in [6.07, 6.45) is 1.63. The van der Waals surface area contributed by atoms with Gasteiger partial charge in [0.25, 0.3) is 6.01 Å². The Bertz CT molecular complexity index is 448. The van der Waals surface area contributed by atoms with Gasteiger partial charge in [-0.1, -0.05) is 0 Å². The fraction of sp³-hybridized carbons (Fsp3) is 0.250. The Balaban J connectivity index is 2.20. The molecule has 0 fully saturated rings. The molecular formula is C12H14N2O2. The van der Waals surface area contributed by atoms with Gasteiger partial charge < -0.3 is 14.5 Å². The standard InChI is InChI=1S/C12H14N2O2/c1-3-15-10-6-4-9(5-7-10)11-8-16-12(13-2)14-11/h4-8H,3H2,1-2H3,(H,13,14). The van der Waals surface area contributed by atoms with Crippen molar-refractivity contribution in [3.8, 4) is 17.0 Å². The molecular weight excluding hydrogens is 204 g/mol. The third-order valence-electron chi connectivity index (χ3n) is 2.18. The smallest absolute Gasteiger partial charge is 0.294 e. The SMILES string of the molecule is CCOc1ccc(-c2coc(NC)n2)cc1. The summed E-state index contributed by atoms with van der Waals surface area (Å²) in [5, 5.41) is 2.85. The van der Waals surface area contributed by atoms with Crippen LogP contribution in [0.3, 0.4) is 0 Å². The van der Waals surface area contributed by atoms with Crippen molar-refractivity contribution < 1.29 is 9.15 Å². The second kappa shape index (κ2) is 4.70. The van der Waals surface area contributed by atoms with E-state index in [9.17, 15) is 0 Å². The Labute approximate surface area is 94.3 Å². The van der Waals surface area contributed by atoms with Gasteiger partial charge >= 0.3 is 0 Å². The quantitative estimate of drug-likeness (QED) is 0.857. The molecule has 0 saturated carbocycles. The highest BCUT2D eigenvalue weighted by Crippen LogP contribution is 2.22. The van der Waals surface area contributed by atoms with Crippen LogP contribution in [0, 0.1) is 0 Å². The molecule has 0 atom stereocenters. The highest BCUT2D eigenvalue weighted by atomic mass is 16.5. The van der Waals surface area contributed by atoms with Gasteiger partial charge in [0, 0.05) is 12.6 Å². The van der Waals surface area contributed by atoms with Gasteiger partial charge in [-0.2, -0.15) is 4.98 Å². The molecule has 0 amide bonds. The Hall–Kier alpha value is -1.97. The molecule has 0 saturated heterocycles. The van der Waals surface area contributed by atoms with Crippen molar-refractivity contribution >= 4 is 6.01 Å². The van der Waals surface area contributed by atoms with Crippen LogP contribution >= 0.6 is 0 Å². The van der Waals surface area contributed by atoms with Crippen LogP contribution in [0.4, 0.5) is 6.01 Å². The topological polar surface area (TPSA) is 47.3 Å². The van der Waals surface area contributed by atoms with Crippen LogP contribution in [0.5, 0.6) is 5.75 Å². The molecule has 16 heavy (non-hydrogen) atoms. The van der Waals surface area contributed by atoms with E-state index < -0.39 is 0 Å². The summed E-state index contributed by atoms with van der Waals surface area (Å²) < 4.78 is 10.6. The van der Waals surface area contributed by atoms with Crippen molar-refractivity contribution in [3.63, 3.8) is 0 Å². The van der Waals surface area contributed by atoms with Gasteiger partial charge in [0.1, 0.15) is 17.7 Å². The fourth-order valence-corrected chi connectivity index (χ4v) is 1.41. The number of anilines is 1. The van der Waals surface area contributed by atoms with E-state index in [0.29, 0.717) is 12.6 Å². The van der Waals surface area contributed by atoms with Crippen LogP contribution in [0.15, 0.2) is 34.9 Å². The molecule has 0 aliphatic carbocycles. The van der Waals surface area contributed by atoms with Crippen molar-refractivity contribution in [3.05, 3.63) is 30.5 Å². The van der Waals surface area contributed by atoms with Gasteiger partial charge in [0.15, 0.2) is 0 Å². The summed E-state index contributed by atoms with van der Waals surface area (Å²) in [6, 6.07) is 8.29. The van der Waals surface area contributed by atoms with E-state index in [-0.39, 0.29) is 0 Å². The molecule has 0 spiro atoms. The molecule has 1 aromatic carbocycles. The molecule has 0 aliphatic rings. The maximum atomic E-state index is 5.37. The maximum Gasteiger partial charge on any atom is 0.294 e. The number of rotatable bonds is 4. The van der Waals surface area contributed by atoms with Gasteiger partial charge in [-0.05, 0) is 31.2 Å². The zero-order valence-corrected chi connectivity index (χ0v) is 9.36. The van der Waals surface area contributed by atoms with Crippen LogP contribution in [0.2, 0.25) is 0 Å². The first-order valence-electron chi connectivity index (χ1n) is 5.20. The Morgan fingerprint density at radius 2 is 2.06 bits per heavy atom. The largest absolute Gasteiger partial charge is 0.494 e. The van der Waals surface area contributed by atoms with Gasteiger partial charge in [0.2, 0.25) is 0 Å². The molecule has 2 rings (SSSR count). The van der Waals surface area contributed by atoms with Crippen molar-refractivity contribution in [1.82, 2.24) is 4.98 Å². The first-order valence-corrected chi connectivity index (χ1v) is 5.20. The average molecular weight is 218 g/mol. The summed E-state index contributed by atoms with van der Waals surface area (Å²) in [5.74, 6) is 0.864. The van der Waals surface area contributed by atoms with Gasteiger partial charge in [-0.3, -0.25) is 0 Å². The van der Waals surface area contributed by atoms with Crippen LogP contribution in [0.1, 0.15) is 6.92 Å². The van der Waals surface area contributed by atoms with E-state index >= 15 is 0 Å². The lowest BCUT2D eigenvalue weighted by Crippen LogP contribution is -1.90. The van der Waals surface area contributed by atoms with E-state index in [0.717, 1.165) is 17.0 Å². The van der Waals surface area contributed by atoms with Crippen LogP contribution in [0.25, 0.3) is 11.3 Å². The fourth-order valence-electron chi connectivity index (χ4n) is 1.41. The molecule has 2 aromatic rings. The molecule has 0 radical (unpaired) electrons. The second-order valence-corrected chi connectivity index (χ2v) is 3.25. The predicted octanol–water partition coefficient (Wildman–Crippen LogP) is 2.78. The first kappa shape index (κ1) is 10.5. The summed E-state index contributed by atoms with van der Waals surface area (Å²) in [6.45, 7) is 2.64. The summed E-state index contributed by atoms with van der Waals surface area (Å²) in [4.78, 5) is 4.26. The van der Waals surface area contributed by atoms with Crippen molar-refractivity contribution in [2.75, 3.05) is 19.0 Å². The minimum absolute atomic E-state index is 0.517. The van der Waals surface area contributed by atoms with Crippen LogP contribution < -0.4 is 10.1 Å². The summed E-state index contributed by atoms with van der Waals surface area (Å²) >= 11 is 0. The number of nitrogens with one attached hydrogen (secondary N) is 1. The second-order valence-electron chi connectivity index (χ2n) is 3.25. The minimum Gasteiger partial charge on any atom is -0.494 e. The zero-order chi connectivity index (χ0) is 11.4. The van der Waals surface area contributed by atoms with Crippen LogP contribution in [-0.4, -0.2) is 18.6 Å². The lowest BCUT2D eigenvalue weighted by Gasteiger charge is -2.02. The van der Waals surface area contributed by atoms with E-state index in [1.54, 1.807) is 13.3 Å². The molecule has 0 aliphatic heterocycles. The van der Waals surface area contributed by atoms with Crippen molar-refractivity contribution in [1.29, 1.82) is 0 Å². The monoisotopic (exact) mass is 218 g/mol. The molecule has 4 nitrogen and oxygen atoms in total. The van der Waals surface area contributed by atoms with E-state index in [1.165, 1.54) is 0 Å². The summed E-state index contributed by atoms with van der Waals surface area (Å²) in [7, 11) is 1.77. The number of benzene rings is 1. The highest BCUT2D eigenvalue weighted by Gasteiger charge is 2.04. The van der Waals surface area contributed by atoms with Crippen molar-refractivity contribution in [2.24, 2.45) is 0 Å². The van der Waals surface area contributed by atoms with E-state index in [4.69, 9.17) is 9.15 Å². The number of oxazole rings is 1. The first-order chi connectivity index (χ1) is 7.83. The Morgan fingerprint density at radius 3 is 2.62 bits per heavy atom. The molecule has 1 heterocycles. The molecule has 0 bridgehead atoms. The number of aromatic nitrogens is 1. The molecule has 84 valence electrons. The highest BCUT2D eigenvalue weighted by molar-refractivity contribution is 5.60. The molecule has 1 N–H and O–H groups in total. The molecule has 4 heteroatoms. The van der Waals surface area contributed by atoms with Crippen molar-refractivity contribution in [2.45, 2.75) is 6.92 Å². The number of ether oxygens (including phenoxy) is 1. The lowest BCUT2D eigenvalue weighted by atomic mass is 10.2. The predicted molar refractivity (Wildman–Crippen MR) is 62.7 cm³/mol. The van der Waals surface area contributed by atoms with Gasteiger partial charge in [-0.25, -0.2) is 0 Å². The number of nitrogens with zero attached hydrogens (tertiary/aromatic N) is 1. The minimum atomic E-state index is 0.517.